The summed E-state index contributed by atoms with van der Waals surface area (Å²) >= 11 is 0. The van der Waals surface area contributed by atoms with Gasteiger partial charge in [-0.2, -0.15) is 13.2 Å². The Morgan fingerprint density at radius 3 is 2.23 bits per heavy atom. The first-order valence-corrected chi connectivity index (χ1v) is 6.41. The van der Waals surface area contributed by atoms with Crippen LogP contribution in [-0.2, 0) is 4.79 Å². The number of halogens is 3. The number of hydrogen-bond donors (Lipinski definition) is 1. The van der Waals surface area contributed by atoms with E-state index < -0.39 is 28.5 Å². The Morgan fingerprint density at radius 1 is 1.32 bits per heavy atom. The van der Waals surface area contributed by atoms with E-state index in [0.29, 0.717) is 0 Å². The third-order valence-electron chi connectivity index (χ3n) is 3.47. The van der Waals surface area contributed by atoms with Gasteiger partial charge in [0.1, 0.15) is 6.04 Å². The van der Waals surface area contributed by atoms with Crippen LogP contribution in [0.15, 0.2) is 24.3 Å². The van der Waals surface area contributed by atoms with Gasteiger partial charge in [0.15, 0.2) is 0 Å². The van der Waals surface area contributed by atoms with Crippen molar-refractivity contribution in [2.24, 2.45) is 5.41 Å². The molecule has 0 radical (unpaired) electrons. The predicted molar refractivity (Wildman–Crippen MR) is 70.5 cm³/mol. The number of nitrogens with one attached hydrogen (secondary N) is 1. The number of carbonyl (C=O) groups is 1. The zero-order valence-electron chi connectivity index (χ0n) is 11.8. The zero-order chi connectivity index (χ0) is 16.7. The van der Waals surface area contributed by atoms with Gasteiger partial charge >= 0.3 is 6.18 Å². The minimum absolute atomic E-state index is 0.118. The highest BCUT2D eigenvalue weighted by molar-refractivity contribution is 5.83. The second-order valence-electron chi connectivity index (χ2n) is 5.75. The number of rotatable bonds is 3. The number of benzene rings is 1. The predicted octanol–water partition coefficient (Wildman–Crippen LogP) is 2.57. The molecule has 9 heteroatoms. The fraction of sp³-hybridized carbons (Fsp3) is 0.462. The molecule has 120 valence electrons. The van der Waals surface area contributed by atoms with Crippen molar-refractivity contribution in [1.29, 1.82) is 0 Å². The molecule has 2 rings (SSSR count). The monoisotopic (exact) mass is 317 g/mol. The molecule has 0 saturated carbocycles. The molecule has 1 aromatic carbocycles. The second kappa shape index (κ2) is 5.24. The molecule has 0 unspecified atom stereocenters. The minimum atomic E-state index is -4.64. The van der Waals surface area contributed by atoms with Gasteiger partial charge < -0.3 is 0 Å². The van der Waals surface area contributed by atoms with E-state index in [1.54, 1.807) is 13.8 Å². The van der Waals surface area contributed by atoms with E-state index in [9.17, 15) is 28.1 Å². The first kappa shape index (κ1) is 16.2. The highest BCUT2D eigenvalue weighted by Gasteiger charge is 2.51. The maximum absolute atomic E-state index is 13.4. The molecular weight excluding hydrogens is 303 g/mol. The zero-order valence-corrected chi connectivity index (χ0v) is 11.8. The smallest absolute Gasteiger partial charge is 0.287 e. The summed E-state index contributed by atoms with van der Waals surface area (Å²) in [4.78, 5) is 21.6. The average Bonchev–Trinajstić information content (AvgIpc) is 2.62. The number of nitrogens with zero attached hydrogens (tertiary/aromatic N) is 2. The van der Waals surface area contributed by atoms with Gasteiger partial charge in [0.25, 0.3) is 5.69 Å². The second-order valence-corrected chi connectivity index (χ2v) is 5.75. The van der Waals surface area contributed by atoms with Crippen LogP contribution in [0.4, 0.5) is 18.9 Å². The van der Waals surface area contributed by atoms with Crippen LogP contribution >= 0.6 is 0 Å². The normalized spacial score (nSPS) is 19.8. The molecular formula is C13H14F3N3O3. The SMILES string of the molecule is CC1(C)CN([C@@H](c2ccc([N+](=O)[O-])cc2)C(F)(F)F)NC1=O. The number of alkyl halides is 3. The molecule has 1 aromatic rings. The van der Waals surface area contributed by atoms with Crippen LogP contribution in [0.3, 0.4) is 0 Å². The van der Waals surface area contributed by atoms with E-state index in [2.05, 4.69) is 5.43 Å². The Bertz CT molecular complexity index is 599. The third kappa shape index (κ3) is 3.03. The molecule has 0 aromatic heterocycles. The van der Waals surface area contributed by atoms with Crippen molar-refractivity contribution in [1.82, 2.24) is 10.4 Å². The Kier molecular flexibility index (Phi) is 3.86. The summed E-state index contributed by atoms with van der Waals surface area (Å²) in [7, 11) is 0. The Labute approximate surface area is 124 Å². The number of nitro benzene ring substituents is 1. The molecule has 0 aliphatic carbocycles. The molecule has 0 bridgehead atoms. The van der Waals surface area contributed by atoms with Crippen molar-refractivity contribution >= 4 is 11.6 Å². The van der Waals surface area contributed by atoms with E-state index in [4.69, 9.17) is 0 Å². The van der Waals surface area contributed by atoms with Crippen molar-refractivity contribution in [3.8, 4) is 0 Å². The number of nitro groups is 1. The van der Waals surface area contributed by atoms with Crippen LogP contribution < -0.4 is 5.43 Å². The summed E-state index contributed by atoms with van der Waals surface area (Å²) in [6, 6.07) is 2.06. The lowest BCUT2D eigenvalue weighted by Crippen LogP contribution is -2.43. The van der Waals surface area contributed by atoms with Crippen LogP contribution in [0.5, 0.6) is 0 Å². The Morgan fingerprint density at radius 2 is 1.86 bits per heavy atom. The lowest BCUT2D eigenvalue weighted by atomic mass is 9.93. The van der Waals surface area contributed by atoms with Gasteiger partial charge in [-0.1, -0.05) is 12.1 Å². The van der Waals surface area contributed by atoms with Crippen molar-refractivity contribution in [3.05, 3.63) is 39.9 Å². The Hall–Kier alpha value is -2.16. The fourth-order valence-electron chi connectivity index (χ4n) is 2.30. The van der Waals surface area contributed by atoms with Crippen molar-refractivity contribution in [2.75, 3.05) is 6.54 Å². The topological polar surface area (TPSA) is 75.5 Å². The lowest BCUT2D eigenvalue weighted by molar-refractivity contribution is -0.384. The molecule has 1 aliphatic heterocycles. The van der Waals surface area contributed by atoms with Gasteiger partial charge in [-0.05, 0) is 19.4 Å². The summed E-state index contributed by atoms with van der Waals surface area (Å²) in [5.41, 5.74) is 0.821. The van der Waals surface area contributed by atoms with E-state index in [0.717, 1.165) is 29.3 Å². The number of carbonyl (C=O) groups excluding carboxylic acids is 1. The van der Waals surface area contributed by atoms with Gasteiger partial charge in [-0.15, -0.1) is 0 Å². The molecule has 1 atom stereocenters. The molecule has 6 nitrogen and oxygen atoms in total. The van der Waals surface area contributed by atoms with Gasteiger partial charge in [0.05, 0.1) is 10.3 Å². The van der Waals surface area contributed by atoms with Gasteiger partial charge in [0.2, 0.25) is 5.91 Å². The third-order valence-corrected chi connectivity index (χ3v) is 3.47. The van der Waals surface area contributed by atoms with Crippen LogP contribution in [0.1, 0.15) is 25.5 Å². The quantitative estimate of drug-likeness (QED) is 0.687. The largest absolute Gasteiger partial charge is 0.409 e. The van der Waals surface area contributed by atoms with E-state index in [1.165, 1.54) is 0 Å². The summed E-state index contributed by atoms with van der Waals surface area (Å²) in [6.07, 6.45) is -4.64. The van der Waals surface area contributed by atoms with Crippen LogP contribution in [-0.4, -0.2) is 28.6 Å². The van der Waals surface area contributed by atoms with Crippen molar-refractivity contribution < 1.29 is 22.9 Å². The molecule has 1 heterocycles. The van der Waals surface area contributed by atoms with Crippen LogP contribution in [0.2, 0.25) is 0 Å². The standard InChI is InChI=1S/C13H14F3N3O3/c1-12(2)7-18(17-11(12)20)10(13(14,15)16)8-3-5-9(6-4-8)19(21)22/h3-6,10H,7H2,1-2H3,(H,17,20)/t10-/m0/s1. The number of amides is 1. The molecule has 22 heavy (non-hydrogen) atoms. The maximum atomic E-state index is 13.4. The highest BCUT2D eigenvalue weighted by atomic mass is 19.4. The summed E-state index contributed by atoms with van der Waals surface area (Å²) in [6.45, 7) is 2.98. The lowest BCUT2D eigenvalue weighted by Gasteiger charge is -2.29. The van der Waals surface area contributed by atoms with Crippen LogP contribution in [0.25, 0.3) is 0 Å². The first-order chi connectivity index (χ1) is 10.0. The first-order valence-electron chi connectivity index (χ1n) is 6.41. The minimum Gasteiger partial charge on any atom is -0.287 e. The molecule has 1 saturated heterocycles. The number of hydrazine groups is 1. The molecule has 1 fully saturated rings. The van der Waals surface area contributed by atoms with Gasteiger partial charge in [0, 0.05) is 18.7 Å². The molecule has 0 spiro atoms. The molecule has 1 amide bonds. The summed E-state index contributed by atoms with van der Waals surface area (Å²) in [5, 5.41) is 11.4. The number of non-ortho nitro benzene ring substituents is 1. The van der Waals surface area contributed by atoms with Gasteiger partial charge in [-0.3, -0.25) is 20.3 Å². The fourth-order valence-corrected chi connectivity index (χ4v) is 2.30. The van der Waals surface area contributed by atoms with E-state index in [-0.39, 0.29) is 17.8 Å². The van der Waals surface area contributed by atoms with Crippen molar-refractivity contribution in [2.45, 2.75) is 26.1 Å². The highest BCUT2D eigenvalue weighted by Crippen LogP contribution is 2.40. The molecule has 1 aliphatic rings. The summed E-state index contributed by atoms with van der Waals surface area (Å²) in [5.74, 6) is -0.497. The maximum Gasteiger partial charge on any atom is 0.409 e. The molecule has 1 N–H and O–H groups in total. The number of hydrogen-bond acceptors (Lipinski definition) is 4. The van der Waals surface area contributed by atoms with Crippen LogP contribution in [0, 0.1) is 15.5 Å². The van der Waals surface area contributed by atoms with Crippen molar-refractivity contribution in [3.63, 3.8) is 0 Å². The average molecular weight is 317 g/mol. The van der Waals surface area contributed by atoms with E-state index in [1.807, 2.05) is 0 Å². The summed E-state index contributed by atoms with van der Waals surface area (Å²) < 4.78 is 40.1. The van der Waals surface area contributed by atoms with E-state index >= 15 is 0 Å². The Balaban J connectivity index is 2.36. The van der Waals surface area contributed by atoms with Gasteiger partial charge in [-0.25, -0.2) is 5.01 Å².